The van der Waals surface area contributed by atoms with Crippen LogP contribution in [-0.4, -0.2) is 67.2 Å². The highest BCUT2D eigenvalue weighted by atomic mass is 32.2. The molecule has 0 aliphatic carbocycles. The van der Waals surface area contributed by atoms with E-state index in [0.29, 0.717) is 31.0 Å². The molecular formula is C30H36FN3O3S2. The molecule has 2 aliphatic rings. The Hall–Kier alpha value is -2.59. The molecule has 0 saturated carbocycles. The predicted molar refractivity (Wildman–Crippen MR) is 153 cm³/mol. The van der Waals surface area contributed by atoms with Gasteiger partial charge in [0.1, 0.15) is 5.82 Å². The molecule has 208 valence electrons. The number of sulfonamides is 1. The Morgan fingerprint density at radius 1 is 1.05 bits per heavy atom. The summed E-state index contributed by atoms with van der Waals surface area (Å²) >= 11 is 1.73. The maximum Gasteiger partial charge on any atom is 0.243 e. The maximum atomic E-state index is 14.1. The molecule has 1 saturated heterocycles. The molecule has 0 unspecified atom stereocenters. The van der Waals surface area contributed by atoms with Crippen LogP contribution in [0.4, 0.5) is 4.39 Å². The zero-order valence-corrected chi connectivity index (χ0v) is 24.6. The van der Waals surface area contributed by atoms with Crippen molar-refractivity contribution in [2.24, 2.45) is 0 Å². The number of carbonyl (C=O) groups is 1. The highest BCUT2D eigenvalue weighted by Crippen LogP contribution is 2.38. The van der Waals surface area contributed by atoms with E-state index in [-0.39, 0.29) is 30.4 Å². The standard InChI is InChI=1S/C30H36FN3O3S2/c1-20-16-21(2)30(22(3)17-20)39(36,37)34-14-13-33(19-23(34)4)28(35)9-12-32-11-8-27-26(10-15-38-27)29(32)24-6-5-7-25(31)18-24/h5-7,10,15-18,23,29H,8-9,11-14,19H2,1-4H3/t23-,29-/m1/s1. The van der Waals surface area contributed by atoms with Crippen LogP contribution in [0.3, 0.4) is 0 Å². The van der Waals surface area contributed by atoms with Gasteiger partial charge in [-0.3, -0.25) is 9.69 Å². The lowest BCUT2D eigenvalue weighted by Crippen LogP contribution is -2.55. The van der Waals surface area contributed by atoms with Crippen molar-refractivity contribution in [3.63, 3.8) is 0 Å². The largest absolute Gasteiger partial charge is 0.340 e. The lowest BCUT2D eigenvalue weighted by atomic mass is 9.93. The first-order valence-corrected chi connectivity index (χ1v) is 15.8. The van der Waals surface area contributed by atoms with E-state index in [1.54, 1.807) is 32.7 Å². The van der Waals surface area contributed by atoms with Gasteiger partial charge in [0.05, 0.1) is 10.9 Å². The number of fused-ring (bicyclic) bond motifs is 1. The zero-order chi connectivity index (χ0) is 27.9. The molecule has 0 radical (unpaired) electrons. The van der Waals surface area contributed by atoms with Gasteiger partial charge in [-0.05, 0) is 79.9 Å². The normalized spacial score (nSPS) is 20.7. The SMILES string of the molecule is Cc1cc(C)c(S(=O)(=O)N2CCN(C(=O)CCN3CCc4sccc4[C@H]3c3cccc(F)c3)C[C@H]2C)c(C)c1. The molecule has 1 amide bonds. The molecule has 3 aromatic rings. The molecule has 0 bridgehead atoms. The van der Waals surface area contributed by atoms with Gasteiger partial charge in [-0.2, -0.15) is 4.31 Å². The van der Waals surface area contributed by atoms with Crippen LogP contribution in [0.15, 0.2) is 52.7 Å². The number of hydrogen-bond acceptors (Lipinski definition) is 5. The van der Waals surface area contributed by atoms with Crippen LogP contribution in [-0.2, 0) is 21.2 Å². The van der Waals surface area contributed by atoms with Crippen molar-refractivity contribution in [3.8, 4) is 0 Å². The summed E-state index contributed by atoms with van der Waals surface area (Å²) in [4.78, 5) is 19.1. The van der Waals surface area contributed by atoms with Gasteiger partial charge >= 0.3 is 0 Å². The van der Waals surface area contributed by atoms with Crippen molar-refractivity contribution in [1.82, 2.24) is 14.1 Å². The van der Waals surface area contributed by atoms with E-state index in [2.05, 4.69) is 16.3 Å². The fourth-order valence-corrected chi connectivity index (χ4v) is 9.22. The van der Waals surface area contributed by atoms with Crippen LogP contribution in [0, 0.1) is 26.6 Å². The van der Waals surface area contributed by atoms with Crippen molar-refractivity contribution in [2.45, 2.75) is 57.5 Å². The van der Waals surface area contributed by atoms with Crippen molar-refractivity contribution >= 4 is 27.3 Å². The van der Waals surface area contributed by atoms with Gasteiger partial charge in [-0.15, -0.1) is 11.3 Å². The molecule has 2 atom stereocenters. The van der Waals surface area contributed by atoms with Gasteiger partial charge in [0.25, 0.3) is 0 Å². The Morgan fingerprint density at radius 3 is 2.49 bits per heavy atom. The third-order valence-electron chi connectivity index (χ3n) is 7.93. The summed E-state index contributed by atoms with van der Waals surface area (Å²) < 4.78 is 42.9. The van der Waals surface area contributed by atoms with E-state index in [1.807, 2.05) is 45.9 Å². The number of benzene rings is 2. The summed E-state index contributed by atoms with van der Waals surface area (Å²) in [6.45, 7) is 9.89. The number of carbonyl (C=O) groups excluding carboxylic acids is 1. The molecular weight excluding hydrogens is 533 g/mol. The Morgan fingerprint density at radius 2 is 1.79 bits per heavy atom. The Kier molecular flexibility index (Phi) is 7.97. The molecule has 2 aromatic carbocycles. The minimum atomic E-state index is -3.67. The van der Waals surface area contributed by atoms with Crippen LogP contribution in [0.25, 0.3) is 0 Å². The summed E-state index contributed by atoms with van der Waals surface area (Å²) in [7, 11) is -3.67. The fourth-order valence-electron chi connectivity index (χ4n) is 6.29. The molecule has 5 rings (SSSR count). The van der Waals surface area contributed by atoms with Crippen molar-refractivity contribution in [2.75, 3.05) is 32.7 Å². The second kappa shape index (κ2) is 11.1. The van der Waals surface area contributed by atoms with Gasteiger partial charge in [0.2, 0.25) is 15.9 Å². The Labute approximate surface area is 235 Å². The number of halogens is 1. The van der Waals surface area contributed by atoms with Crippen LogP contribution in [0.5, 0.6) is 0 Å². The number of aryl methyl sites for hydroxylation is 3. The molecule has 1 aromatic heterocycles. The molecule has 9 heteroatoms. The minimum absolute atomic E-state index is 0.0238. The average molecular weight is 570 g/mol. The Balaban J connectivity index is 1.26. The molecule has 6 nitrogen and oxygen atoms in total. The monoisotopic (exact) mass is 569 g/mol. The van der Waals surface area contributed by atoms with Gasteiger partial charge in [-0.25, -0.2) is 12.8 Å². The van der Waals surface area contributed by atoms with Gasteiger partial charge in [0, 0.05) is 50.1 Å². The van der Waals surface area contributed by atoms with Crippen LogP contribution < -0.4 is 0 Å². The van der Waals surface area contributed by atoms with Crippen molar-refractivity contribution < 1.29 is 17.6 Å². The van der Waals surface area contributed by atoms with Crippen LogP contribution in [0.1, 0.15) is 52.1 Å². The highest BCUT2D eigenvalue weighted by molar-refractivity contribution is 7.89. The zero-order valence-electron chi connectivity index (χ0n) is 23.0. The van der Waals surface area contributed by atoms with Crippen molar-refractivity contribution in [3.05, 3.63) is 86.4 Å². The topological polar surface area (TPSA) is 60.9 Å². The minimum Gasteiger partial charge on any atom is -0.340 e. The number of rotatable bonds is 6. The first-order chi connectivity index (χ1) is 18.6. The molecule has 2 aliphatic heterocycles. The van der Waals surface area contributed by atoms with Crippen LogP contribution in [0.2, 0.25) is 0 Å². The second-order valence-corrected chi connectivity index (χ2v) is 13.7. The quantitative estimate of drug-likeness (QED) is 0.416. The molecule has 39 heavy (non-hydrogen) atoms. The second-order valence-electron chi connectivity index (χ2n) is 10.8. The number of piperazine rings is 1. The Bertz CT molecular complexity index is 1460. The first-order valence-electron chi connectivity index (χ1n) is 13.5. The average Bonchev–Trinajstić information content (AvgIpc) is 3.34. The van der Waals surface area contributed by atoms with Gasteiger partial charge in [-0.1, -0.05) is 29.8 Å². The molecule has 0 spiro atoms. The number of hydrogen-bond donors (Lipinski definition) is 0. The van der Waals surface area contributed by atoms with Gasteiger partial charge in [0.15, 0.2) is 0 Å². The first kappa shape index (κ1) is 28.0. The maximum absolute atomic E-state index is 14.1. The molecule has 0 N–H and O–H groups in total. The van der Waals surface area contributed by atoms with E-state index < -0.39 is 10.0 Å². The lowest BCUT2D eigenvalue weighted by molar-refractivity contribution is -0.133. The summed E-state index contributed by atoms with van der Waals surface area (Å²) in [6, 6.07) is 12.3. The third kappa shape index (κ3) is 5.55. The molecule has 3 heterocycles. The van der Waals surface area contributed by atoms with E-state index in [9.17, 15) is 17.6 Å². The summed E-state index contributed by atoms with van der Waals surface area (Å²) in [6.07, 6.45) is 1.25. The van der Waals surface area contributed by atoms with Crippen molar-refractivity contribution in [1.29, 1.82) is 0 Å². The smallest absolute Gasteiger partial charge is 0.243 e. The fraction of sp³-hybridized carbons (Fsp3) is 0.433. The van der Waals surface area contributed by atoms with Crippen LogP contribution >= 0.6 is 11.3 Å². The van der Waals surface area contributed by atoms with E-state index in [0.717, 1.165) is 35.2 Å². The van der Waals surface area contributed by atoms with E-state index in [4.69, 9.17) is 0 Å². The predicted octanol–water partition coefficient (Wildman–Crippen LogP) is 5.07. The highest BCUT2D eigenvalue weighted by Gasteiger charge is 2.37. The number of nitrogens with zero attached hydrogens (tertiary/aromatic N) is 3. The summed E-state index contributed by atoms with van der Waals surface area (Å²) in [5.41, 5.74) is 4.63. The van der Waals surface area contributed by atoms with E-state index >= 15 is 0 Å². The van der Waals surface area contributed by atoms with Gasteiger partial charge < -0.3 is 4.90 Å². The number of thiophene rings is 1. The lowest BCUT2D eigenvalue weighted by Gasteiger charge is -2.40. The van der Waals surface area contributed by atoms with E-state index in [1.165, 1.54) is 16.5 Å². The summed E-state index contributed by atoms with van der Waals surface area (Å²) in [5, 5.41) is 2.08. The number of amides is 1. The summed E-state index contributed by atoms with van der Waals surface area (Å²) in [5.74, 6) is -0.237. The molecule has 1 fully saturated rings. The third-order valence-corrected chi connectivity index (χ3v) is 11.2.